The fraction of sp³-hybridized carbons (Fsp3) is 0.294. The molecule has 2 aromatic rings. The molecule has 1 aliphatic carbocycles. The minimum Gasteiger partial charge on any atom is -0.508 e. The Balaban J connectivity index is 2.02. The highest BCUT2D eigenvalue weighted by Crippen LogP contribution is 2.45. The van der Waals surface area contributed by atoms with Gasteiger partial charge in [0.1, 0.15) is 5.75 Å². The number of aromatic hydroxyl groups is 1. The highest BCUT2D eigenvalue weighted by Gasteiger charge is 2.32. The fourth-order valence-electron chi connectivity index (χ4n) is 3.59. The molecule has 0 radical (unpaired) electrons. The van der Waals surface area contributed by atoms with Crippen molar-refractivity contribution in [2.75, 3.05) is 13.6 Å². The molecular weight excluding hydrogens is 234 g/mol. The van der Waals surface area contributed by atoms with E-state index in [4.69, 9.17) is 0 Å². The van der Waals surface area contributed by atoms with Gasteiger partial charge in [-0.25, -0.2) is 0 Å². The number of fused-ring (bicyclic) bond motifs is 2. The van der Waals surface area contributed by atoms with E-state index in [0.29, 0.717) is 11.8 Å². The third-order valence-corrected chi connectivity index (χ3v) is 4.59. The van der Waals surface area contributed by atoms with Crippen LogP contribution in [0.1, 0.15) is 22.7 Å². The van der Waals surface area contributed by atoms with Gasteiger partial charge in [-0.1, -0.05) is 24.3 Å². The van der Waals surface area contributed by atoms with Gasteiger partial charge >= 0.3 is 0 Å². The molecule has 2 aromatic carbocycles. The first kappa shape index (κ1) is 11.1. The minimum atomic E-state index is 0.360. The topological polar surface area (TPSA) is 23.5 Å². The van der Waals surface area contributed by atoms with E-state index in [1.165, 1.54) is 27.8 Å². The van der Waals surface area contributed by atoms with E-state index in [2.05, 4.69) is 36.2 Å². The zero-order chi connectivity index (χ0) is 13.0. The fourth-order valence-corrected chi connectivity index (χ4v) is 3.59. The van der Waals surface area contributed by atoms with Crippen LogP contribution in [0, 0.1) is 0 Å². The average Bonchev–Trinajstić information content (AvgIpc) is 2.43. The summed E-state index contributed by atoms with van der Waals surface area (Å²) in [5.41, 5.74) is 6.83. The van der Waals surface area contributed by atoms with E-state index < -0.39 is 0 Å². The Morgan fingerprint density at radius 3 is 2.89 bits per heavy atom. The van der Waals surface area contributed by atoms with Crippen molar-refractivity contribution < 1.29 is 5.11 Å². The van der Waals surface area contributed by atoms with Crippen molar-refractivity contribution in [3.05, 3.63) is 53.1 Å². The molecule has 0 aromatic heterocycles. The molecule has 0 amide bonds. The van der Waals surface area contributed by atoms with Crippen molar-refractivity contribution in [1.29, 1.82) is 0 Å². The Morgan fingerprint density at radius 2 is 2.00 bits per heavy atom. The number of likely N-dealkylation sites (N-methyl/N-ethyl adjacent to an activating group) is 1. The highest BCUT2D eigenvalue weighted by molar-refractivity contribution is 5.76. The summed E-state index contributed by atoms with van der Waals surface area (Å²) in [6.45, 7) is 1.13. The lowest BCUT2D eigenvalue weighted by Gasteiger charge is -2.39. The van der Waals surface area contributed by atoms with Gasteiger partial charge in [0.05, 0.1) is 0 Å². The Morgan fingerprint density at radius 1 is 1.11 bits per heavy atom. The van der Waals surface area contributed by atoms with Crippen LogP contribution in [-0.4, -0.2) is 23.6 Å². The van der Waals surface area contributed by atoms with E-state index in [1.807, 2.05) is 6.07 Å². The van der Waals surface area contributed by atoms with Gasteiger partial charge in [-0.05, 0) is 59.8 Å². The number of hydrogen-bond acceptors (Lipinski definition) is 2. The van der Waals surface area contributed by atoms with E-state index >= 15 is 0 Å². The van der Waals surface area contributed by atoms with Crippen LogP contribution in [-0.2, 0) is 12.8 Å². The third-order valence-electron chi connectivity index (χ3n) is 4.59. The van der Waals surface area contributed by atoms with Crippen molar-refractivity contribution >= 4 is 0 Å². The van der Waals surface area contributed by atoms with E-state index in [9.17, 15) is 5.11 Å². The predicted octanol–water partition coefficient (Wildman–Crippen LogP) is 3.14. The molecule has 1 heterocycles. The minimum absolute atomic E-state index is 0.360. The summed E-state index contributed by atoms with van der Waals surface area (Å²) >= 11 is 0. The molecule has 1 N–H and O–H groups in total. The molecule has 0 spiro atoms. The number of phenolic OH excluding ortho intramolecular Hbond substituents is 1. The number of phenols is 1. The molecular formula is C17H17NO. The van der Waals surface area contributed by atoms with Crippen LogP contribution in [0.4, 0.5) is 0 Å². The zero-order valence-corrected chi connectivity index (χ0v) is 11.1. The summed E-state index contributed by atoms with van der Waals surface area (Å²) in [4.78, 5) is 2.46. The summed E-state index contributed by atoms with van der Waals surface area (Å²) < 4.78 is 0. The Hall–Kier alpha value is -1.80. The lowest BCUT2D eigenvalue weighted by atomic mass is 9.77. The molecule has 0 fully saturated rings. The molecule has 96 valence electrons. The van der Waals surface area contributed by atoms with Crippen LogP contribution in [0.2, 0.25) is 0 Å². The molecule has 4 rings (SSSR count). The quantitative estimate of drug-likeness (QED) is 0.777. The monoisotopic (exact) mass is 251 g/mol. The van der Waals surface area contributed by atoms with Crippen LogP contribution in [0.5, 0.6) is 5.75 Å². The maximum atomic E-state index is 9.76. The number of nitrogens with zero attached hydrogens (tertiary/aromatic N) is 1. The summed E-state index contributed by atoms with van der Waals surface area (Å²) in [5, 5.41) is 9.76. The van der Waals surface area contributed by atoms with Gasteiger partial charge in [-0.3, -0.25) is 4.90 Å². The van der Waals surface area contributed by atoms with Crippen LogP contribution < -0.4 is 0 Å². The molecule has 0 bridgehead atoms. The second-order valence-electron chi connectivity index (χ2n) is 5.67. The van der Waals surface area contributed by atoms with Crippen LogP contribution in [0.25, 0.3) is 11.1 Å². The highest BCUT2D eigenvalue weighted by atomic mass is 16.3. The first-order valence-electron chi connectivity index (χ1n) is 6.88. The summed E-state index contributed by atoms with van der Waals surface area (Å²) in [7, 11) is 2.22. The van der Waals surface area contributed by atoms with Crippen molar-refractivity contribution in [2.45, 2.75) is 18.9 Å². The number of benzene rings is 2. The maximum Gasteiger partial charge on any atom is 0.116 e. The number of hydrogen-bond donors (Lipinski definition) is 1. The molecule has 2 aliphatic rings. The largest absolute Gasteiger partial charge is 0.508 e. The number of rotatable bonds is 0. The summed E-state index contributed by atoms with van der Waals surface area (Å²) in [6.07, 6.45) is 2.18. The first-order chi connectivity index (χ1) is 9.24. The lowest BCUT2D eigenvalue weighted by molar-refractivity contribution is 0.228. The van der Waals surface area contributed by atoms with Crippen molar-refractivity contribution in [1.82, 2.24) is 4.90 Å². The van der Waals surface area contributed by atoms with E-state index in [1.54, 1.807) is 6.07 Å². The molecule has 1 atom stereocenters. The van der Waals surface area contributed by atoms with Gasteiger partial charge in [0, 0.05) is 12.6 Å². The van der Waals surface area contributed by atoms with Gasteiger partial charge in [0.2, 0.25) is 0 Å². The average molecular weight is 251 g/mol. The molecule has 2 heteroatoms. The van der Waals surface area contributed by atoms with Crippen LogP contribution in [0.3, 0.4) is 0 Å². The van der Waals surface area contributed by atoms with Gasteiger partial charge in [0.15, 0.2) is 0 Å². The van der Waals surface area contributed by atoms with Gasteiger partial charge in [-0.15, -0.1) is 0 Å². The Kier molecular flexibility index (Phi) is 2.24. The van der Waals surface area contributed by atoms with Crippen LogP contribution in [0.15, 0.2) is 36.4 Å². The SMILES string of the molecule is CN1CCc2cccc3c2C1Cc1ccc(O)cc1-3. The zero-order valence-electron chi connectivity index (χ0n) is 11.1. The van der Waals surface area contributed by atoms with E-state index in [-0.39, 0.29) is 0 Å². The maximum absolute atomic E-state index is 9.76. The second kappa shape index (κ2) is 3.84. The lowest BCUT2D eigenvalue weighted by Crippen LogP contribution is -2.35. The van der Waals surface area contributed by atoms with Gasteiger partial charge < -0.3 is 5.11 Å². The van der Waals surface area contributed by atoms with Crippen LogP contribution >= 0.6 is 0 Å². The summed E-state index contributed by atoms with van der Waals surface area (Å²) in [6, 6.07) is 12.9. The normalized spacial score (nSPS) is 20.8. The van der Waals surface area contributed by atoms with Crippen molar-refractivity contribution in [3.8, 4) is 16.9 Å². The Labute approximate surface area is 113 Å². The molecule has 19 heavy (non-hydrogen) atoms. The standard InChI is InChI=1S/C17H17NO/c1-18-8-7-11-3-2-4-14-15-10-13(19)6-5-12(15)9-16(18)17(11)14/h2-6,10,16,19H,7-9H2,1H3. The first-order valence-corrected chi connectivity index (χ1v) is 6.88. The molecule has 2 nitrogen and oxygen atoms in total. The molecule has 0 saturated heterocycles. The van der Waals surface area contributed by atoms with Crippen molar-refractivity contribution in [3.63, 3.8) is 0 Å². The van der Waals surface area contributed by atoms with Crippen molar-refractivity contribution in [2.24, 2.45) is 0 Å². The van der Waals surface area contributed by atoms with Gasteiger partial charge in [-0.2, -0.15) is 0 Å². The molecule has 1 aliphatic heterocycles. The third kappa shape index (κ3) is 1.53. The second-order valence-corrected chi connectivity index (χ2v) is 5.67. The predicted molar refractivity (Wildman–Crippen MR) is 76.3 cm³/mol. The Bertz CT molecular complexity index is 662. The molecule has 0 saturated carbocycles. The van der Waals surface area contributed by atoms with Gasteiger partial charge in [0.25, 0.3) is 0 Å². The smallest absolute Gasteiger partial charge is 0.116 e. The van der Waals surface area contributed by atoms with E-state index in [0.717, 1.165) is 19.4 Å². The molecule has 1 unspecified atom stereocenters. The summed E-state index contributed by atoms with van der Waals surface area (Å²) in [5.74, 6) is 0.360.